The first-order valence-corrected chi connectivity index (χ1v) is 4.32. The molecule has 2 heterocycles. The molecule has 12 heavy (non-hydrogen) atoms. The van der Waals surface area contributed by atoms with Crippen LogP contribution in [0.5, 0.6) is 0 Å². The Morgan fingerprint density at radius 1 is 1.67 bits per heavy atom. The summed E-state index contributed by atoms with van der Waals surface area (Å²) in [6, 6.07) is -0.400. The average molecular weight is 171 g/mol. The highest BCUT2D eigenvalue weighted by atomic mass is 16.5. The number of aliphatic carboxylic acids is 1. The zero-order valence-corrected chi connectivity index (χ0v) is 6.88. The van der Waals surface area contributed by atoms with Gasteiger partial charge in [0.1, 0.15) is 6.04 Å². The maximum absolute atomic E-state index is 10.6. The lowest BCUT2D eigenvalue weighted by Gasteiger charge is -2.20. The third-order valence-corrected chi connectivity index (χ3v) is 2.73. The molecule has 4 heteroatoms. The van der Waals surface area contributed by atoms with Crippen molar-refractivity contribution in [3.05, 3.63) is 0 Å². The van der Waals surface area contributed by atoms with E-state index in [4.69, 9.17) is 9.84 Å². The molecule has 0 aromatic heterocycles. The van der Waals surface area contributed by atoms with E-state index in [9.17, 15) is 4.79 Å². The molecule has 0 amide bonds. The van der Waals surface area contributed by atoms with Crippen LogP contribution < -0.4 is 5.32 Å². The normalized spacial score (nSPS) is 40.8. The van der Waals surface area contributed by atoms with Gasteiger partial charge in [-0.3, -0.25) is 4.79 Å². The van der Waals surface area contributed by atoms with E-state index in [0.29, 0.717) is 13.0 Å². The molecule has 0 aromatic rings. The number of carboxylic acids is 1. The zero-order chi connectivity index (χ0) is 8.60. The molecule has 2 saturated heterocycles. The number of carboxylic acid groups (broad SMARTS) is 1. The molecule has 0 aromatic carbocycles. The Bertz CT molecular complexity index is 198. The Labute approximate surface area is 70.9 Å². The van der Waals surface area contributed by atoms with Gasteiger partial charge in [-0.25, -0.2) is 0 Å². The van der Waals surface area contributed by atoms with Gasteiger partial charge >= 0.3 is 5.97 Å². The monoisotopic (exact) mass is 171 g/mol. The van der Waals surface area contributed by atoms with Gasteiger partial charge in [-0.1, -0.05) is 0 Å². The van der Waals surface area contributed by atoms with Crippen molar-refractivity contribution in [2.24, 2.45) is 0 Å². The summed E-state index contributed by atoms with van der Waals surface area (Å²) < 4.78 is 5.56. The largest absolute Gasteiger partial charge is 0.480 e. The van der Waals surface area contributed by atoms with Crippen molar-refractivity contribution in [2.45, 2.75) is 30.9 Å². The van der Waals surface area contributed by atoms with Gasteiger partial charge in [0.05, 0.1) is 5.60 Å². The van der Waals surface area contributed by atoms with Crippen LogP contribution in [0.2, 0.25) is 0 Å². The Kier molecular flexibility index (Phi) is 1.81. The summed E-state index contributed by atoms with van der Waals surface area (Å²) in [7, 11) is 0. The summed E-state index contributed by atoms with van der Waals surface area (Å²) in [5.74, 6) is -0.762. The molecule has 2 fully saturated rings. The molecule has 0 bridgehead atoms. The summed E-state index contributed by atoms with van der Waals surface area (Å²) in [5.41, 5.74) is -0.150. The van der Waals surface area contributed by atoms with Crippen molar-refractivity contribution in [1.29, 1.82) is 0 Å². The van der Waals surface area contributed by atoms with Crippen molar-refractivity contribution in [1.82, 2.24) is 5.32 Å². The summed E-state index contributed by atoms with van der Waals surface area (Å²) in [5, 5.41) is 11.7. The minimum atomic E-state index is -0.762. The lowest BCUT2D eigenvalue weighted by atomic mass is 9.97. The third-order valence-electron chi connectivity index (χ3n) is 2.73. The SMILES string of the molecule is O=C(O)C1CC2(CCCO2)CN1. The first-order valence-electron chi connectivity index (χ1n) is 4.32. The maximum Gasteiger partial charge on any atom is 0.320 e. The fourth-order valence-corrected chi connectivity index (χ4v) is 2.06. The molecule has 2 unspecified atom stereocenters. The van der Waals surface area contributed by atoms with Crippen molar-refractivity contribution < 1.29 is 14.6 Å². The van der Waals surface area contributed by atoms with Crippen molar-refractivity contribution in [3.63, 3.8) is 0 Å². The maximum atomic E-state index is 10.6. The van der Waals surface area contributed by atoms with E-state index in [1.165, 1.54) is 0 Å². The summed E-state index contributed by atoms with van der Waals surface area (Å²) >= 11 is 0. The van der Waals surface area contributed by atoms with Gasteiger partial charge in [0, 0.05) is 19.6 Å². The Balaban J connectivity index is 2.01. The molecule has 2 aliphatic rings. The number of ether oxygens (including phenoxy) is 1. The minimum absolute atomic E-state index is 0.150. The van der Waals surface area contributed by atoms with Gasteiger partial charge < -0.3 is 15.2 Å². The molecule has 68 valence electrons. The smallest absolute Gasteiger partial charge is 0.320 e. The van der Waals surface area contributed by atoms with E-state index in [1.807, 2.05) is 0 Å². The lowest BCUT2D eigenvalue weighted by Crippen LogP contribution is -2.30. The average Bonchev–Trinajstić information content (AvgIpc) is 2.62. The Morgan fingerprint density at radius 3 is 3.00 bits per heavy atom. The molecular formula is C8H13NO3. The first kappa shape index (κ1) is 8.01. The summed E-state index contributed by atoms with van der Waals surface area (Å²) in [6.07, 6.45) is 2.69. The lowest BCUT2D eigenvalue weighted by molar-refractivity contribution is -0.139. The number of carbonyl (C=O) groups is 1. The Hall–Kier alpha value is -0.610. The molecule has 0 saturated carbocycles. The second kappa shape index (κ2) is 2.71. The van der Waals surface area contributed by atoms with E-state index < -0.39 is 12.0 Å². The quantitative estimate of drug-likeness (QED) is 0.582. The number of hydrogen-bond acceptors (Lipinski definition) is 3. The topological polar surface area (TPSA) is 58.6 Å². The van der Waals surface area contributed by atoms with Gasteiger partial charge in [0.15, 0.2) is 0 Å². The Morgan fingerprint density at radius 2 is 2.50 bits per heavy atom. The summed E-state index contributed by atoms with van der Waals surface area (Å²) in [6.45, 7) is 1.48. The van der Waals surface area contributed by atoms with E-state index in [-0.39, 0.29) is 5.60 Å². The fraction of sp³-hybridized carbons (Fsp3) is 0.875. The second-order valence-corrected chi connectivity index (χ2v) is 3.61. The number of nitrogens with one attached hydrogen (secondary N) is 1. The predicted octanol–water partition coefficient (Wildman–Crippen LogP) is -0.0179. The van der Waals surface area contributed by atoms with Crippen molar-refractivity contribution in [2.75, 3.05) is 13.2 Å². The van der Waals surface area contributed by atoms with Gasteiger partial charge in [0.2, 0.25) is 0 Å². The minimum Gasteiger partial charge on any atom is -0.480 e. The molecule has 2 rings (SSSR count). The van der Waals surface area contributed by atoms with E-state index >= 15 is 0 Å². The van der Waals surface area contributed by atoms with Crippen LogP contribution in [0.15, 0.2) is 0 Å². The van der Waals surface area contributed by atoms with Crippen LogP contribution in [0, 0.1) is 0 Å². The van der Waals surface area contributed by atoms with Crippen LogP contribution in [0.25, 0.3) is 0 Å². The first-order chi connectivity index (χ1) is 5.72. The predicted molar refractivity (Wildman–Crippen MR) is 42.0 cm³/mol. The highest BCUT2D eigenvalue weighted by molar-refractivity contribution is 5.74. The van der Waals surface area contributed by atoms with Crippen LogP contribution in [-0.4, -0.2) is 35.9 Å². The molecule has 0 aliphatic carbocycles. The number of hydrogen-bond donors (Lipinski definition) is 2. The highest BCUT2D eigenvalue weighted by Gasteiger charge is 2.44. The van der Waals surface area contributed by atoms with Crippen LogP contribution in [-0.2, 0) is 9.53 Å². The zero-order valence-electron chi connectivity index (χ0n) is 6.88. The van der Waals surface area contributed by atoms with Crippen LogP contribution >= 0.6 is 0 Å². The molecule has 2 N–H and O–H groups in total. The third kappa shape index (κ3) is 1.21. The van der Waals surface area contributed by atoms with Gasteiger partial charge in [-0.15, -0.1) is 0 Å². The summed E-state index contributed by atoms with van der Waals surface area (Å²) in [4.78, 5) is 10.6. The second-order valence-electron chi connectivity index (χ2n) is 3.61. The number of rotatable bonds is 1. The van der Waals surface area contributed by atoms with Gasteiger partial charge in [-0.05, 0) is 12.8 Å². The van der Waals surface area contributed by atoms with Crippen LogP contribution in [0.3, 0.4) is 0 Å². The molecule has 1 spiro atoms. The molecule has 2 aliphatic heterocycles. The molecule has 0 radical (unpaired) electrons. The van der Waals surface area contributed by atoms with E-state index in [0.717, 1.165) is 19.4 Å². The molecular weight excluding hydrogens is 158 g/mol. The standard InChI is InChI=1S/C8H13NO3/c10-7(11)6-4-8(5-9-6)2-1-3-12-8/h6,9H,1-5H2,(H,10,11). The van der Waals surface area contributed by atoms with Gasteiger partial charge in [0.25, 0.3) is 0 Å². The van der Waals surface area contributed by atoms with Crippen molar-refractivity contribution in [3.8, 4) is 0 Å². The van der Waals surface area contributed by atoms with Crippen molar-refractivity contribution >= 4 is 5.97 Å². The van der Waals surface area contributed by atoms with Crippen LogP contribution in [0.4, 0.5) is 0 Å². The molecule has 4 nitrogen and oxygen atoms in total. The van der Waals surface area contributed by atoms with E-state index in [2.05, 4.69) is 5.32 Å². The van der Waals surface area contributed by atoms with E-state index in [1.54, 1.807) is 0 Å². The van der Waals surface area contributed by atoms with Gasteiger partial charge in [-0.2, -0.15) is 0 Å². The van der Waals surface area contributed by atoms with Crippen LogP contribution in [0.1, 0.15) is 19.3 Å². The fourth-order valence-electron chi connectivity index (χ4n) is 2.06. The molecule has 2 atom stereocenters. The highest BCUT2D eigenvalue weighted by Crippen LogP contribution is 2.33.